The number of rotatable bonds is 4. The fourth-order valence-corrected chi connectivity index (χ4v) is 3.51. The summed E-state index contributed by atoms with van der Waals surface area (Å²) in [6, 6.07) is 11.5. The van der Waals surface area contributed by atoms with Crippen molar-refractivity contribution in [1.82, 2.24) is 4.90 Å². The summed E-state index contributed by atoms with van der Waals surface area (Å²) in [5, 5.41) is 12.2. The number of amides is 2. The van der Waals surface area contributed by atoms with Gasteiger partial charge in [-0.2, -0.15) is 0 Å². The number of aryl methyl sites for hydroxylation is 2. The van der Waals surface area contributed by atoms with Crippen molar-refractivity contribution < 1.29 is 19.5 Å². The van der Waals surface area contributed by atoms with E-state index in [0.717, 1.165) is 24.0 Å². The lowest BCUT2D eigenvalue weighted by molar-refractivity contribution is -0.143. The maximum absolute atomic E-state index is 12.9. The molecular weight excluding hydrogens is 356 g/mol. The molecule has 0 aromatic heterocycles. The number of hydrogen-bond donors (Lipinski definition) is 2. The molecule has 1 fully saturated rings. The molecule has 0 saturated carbocycles. The second kappa shape index (κ2) is 8.25. The van der Waals surface area contributed by atoms with Crippen molar-refractivity contribution in [3.8, 4) is 0 Å². The maximum atomic E-state index is 12.9. The third kappa shape index (κ3) is 4.22. The molecule has 1 aliphatic rings. The highest BCUT2D eigenvalue weighted by molar-refractivity contribution is 6.06. The molecule has 1 atom stereocenters. The summed E-state index contributed by atoms with van der Waals surface area (Å²) in [5.41, 5.74) is 3.31. The molecule has 2 aromatic carbocycles. The maximum Gasteiger partial charge on any atom is 0.326 e. The Kier molecular flexibility index (Phi) is 5.78. The average molecular weight is 380 g/mol. The van der Waals surface area contributed by atoms with Gasteiger partial charge in [0.05, 0.1) is 0 Å². The predicted octanol–water partition coefficient (Wildman–Crippen LogP) is 3.64. The summed E-state index contributed by atoms with van der Waals surface area (Å²) in [7, 11) is 0. The van der Waals surface area contributed by atoms with Crippen LogP contribution in [0.5, 0.6) is 0 Å². The summed E-state index contributed by atoms with van der Waals surface area (Å²) < 4.78 is 0. The van der Waals surface area contributed by atoms with E-state index in [-0.39, 0.29) is 11.8 Å². The van der Waals surface area contributed by atoms with Crippen LogP contribution in [0.3, 0.4) is 0 Å². The Balaban J connectivity index is 1.80. The number of likely N-dealkylation sites (tertiary alicyclic amines) is 1. The van der Waals surface area contributed by atoms with Crippen LogP contribution in [0.4, 0.5) is 5.69 Å². The van der Waals surface area contributed by atoms with Gasteiger partial charge in [-0.05, 0) is 62.9 Å². The van der Waals surface area contributed by atoms with Gasteiger partial charge >= 0.3 is 5.97 Å². The van der Waals surface area contributed by atoms with E-state index in [2.05, 4.69) is 5.32 Å². The van der Waals surface area contributed by atoms with Crippen LogP contribution in [-0.2, 0) is 4.79 Å². The van der Waals surface area contributed by atoms with Crippen LogP contribution in [0.25, 0.3) is 0 Å². The van der Waals surface area contributed by atoms with Crippen LogP contribution in [-0.4, -0.2) is 40.4 Å². The van der Waals surface area contributed by atoms with Crippen LogP contribution >= 0.6 is 0 Å². The summed E-state index contributed by atoms with van der Waals surface area (Å²) in [6.45, 7) is 4.22. The van der Waals surface area contributed by atoms with Crippen molar-refractivity contribution in [2.45, 2.75) is 39.2 Å². The standard InChI is InChI=1S/C22H24N2O4/c1-14-9-10-15(2)18(12-14)20(25)23-17-7-5-6-16(13-17)21(26)24-11-4-3-8-19(24)22(27)28/h5-7,9-10,12-13,19H,3-4,8,11H2,1-2H3,(H,23,25)(H,27,28). The van der Waals surface area contributed by atoms with Crippen LogP contribution in [0.15, 0.2) is 42.5 Å². The Morgan fingerprint density at radius 1 is 1.07 bits per heavy atom. The quantitative estimate of drug-likeness (QED) is 0.848. The fourth-order valence-electron chi connectivity index (χ4n) is 3.51. The van der Waals surface area contributed by atoms with Crippen LogP contribution in [0.1, 0.15) is 51.1 Å². The van der Waals surface area contributed by atoms with Crippen molar-refractivity contribution in [3.05, 3.63) is 64.7 Å². The minimum atomic E-state index is -0.979. The SMILES string of the molecule is Cc1ccc(C)c(C(=O)Nc2cccc(C(=O)N3CCCCC3C(=O)O)c2)c1. The molecule has 6 nitrogen and oxygen atoms in total. The van der Waals surface area contributed by atoms with Crippen molar-refractivity contribution in [2.75, 3.05) is 11.9 Å². The van der Waals surface area contributed by atoms with E-state index in [1.54, 1.807) is 24.3 Å². The van der Waals surface area contributed by atoms with E-state index >= 15 is 0 Å². The van der Waals surface area contributed by atoms with Gasteiger partial charge in [0.25, 0.3) is 11.8 Å². The van der Waals surface area contributed by atoms with Crippen molar-refractivity contribution in [1.29, 1.82) is 0 Å². The second-order valence-electron chi connectivity index (χ2n) is 7.20. The minimum absolute atomic E-state index is 0.243. The molecule has 146 valence electrons. The summed E-state index contributed by atoms with van der Waals surface area (Å²) in [6.07, 6.45) is 2.05. The topological polar surface area (TPSA) is 86.7 Å². The average Bonchev–Trinajstić information content (AvgIpc) is 2.69. The first-order valence-electron chi connectivity index (χ1n) is 9.39. The van der Waals surface area contributed by atoms with E-state index in [0.29, 0.717) is 29.8 Å². The fraction of sp³-hybridized carbons (Fsp3) is 0.318. The van der Waals surface area contributed by atoms with Gasteiger partial charge < -0.3 is 15.3 Å². The number of carbonyl (C=O) groups is 3. The minimum Gasteiger partial charge on any atom is -0.480 e. The predicted molar refractivity (Wildman–Crippen MR) is 107 cm³/mol. The summed E-state index contributed by atoms with van der Waals surface area (Å²) >= 11 is 0. The van der Waals surface area contributed by atoms with Crippen LogP contribution in [0, 0.1) is 13.8 Å². The van der Waals surface area contributed by atoms with E-state index < -0.39 is 12.0 Å². The van der Waals surface area contributed by atoms with Crippen molar-refractivity contribution in [2.24, 2.45) is 0 Å². The Morgan fingerprint density at radius 3 is 2.61 bits per heavy atom. The van der Waals surface area contributed by atoms with E-state index in [1.807, 2.05) is 32.0 Å². The molecule has 2 N–H and O–H groups in total. The van der Waals surface area contributed by atoms with Crippen molar-refractivity contribution in [3.63, 3.8) is 0 Å². The van der Waals surface area contributed by atoms with Gasteiger partial charge in [0, 0.05) is 23.4 Å². The number of carboxylic acid groups (broad SMARTS) is 1. The van der Waals surface area contributed by atoms with Gasteiger partial charge in [-0.25, -0.2) is 4.79 Å². The zero-order valence-electron chi connectivity index (χ0n) is 16.1. The van der Waals surface area contributed by atoms with Crippen molar-refractivity contribution >= 4 is 23.5 Å². The largest absolute Gasteiger partial charge is 0.480 e. The molecule has 2 amide bonds. The summed E-state index contributed by atoms with van der Waals surface area (Å²) in [5.74, 6) is -1.55. The molecule has 1 heterocycles. The molecular formula is C22H24N2O4. The first-order chi connectivity index (χ1) is 13.4. The van der Waals surface area contributed by atoms with Gasteiger partial charge in [-0.3, -0.25) is 9.59 Å². The second-order valence-corrected chi connectivity index (χ2v) is 7.20. The highest BCUT2D eigenvalue weighted by Crippen LogP contribution is 2.22. The number of piperidine rings is 1. The molecule has 1 unspecified atom stereocenters. The van der Waals surface area contributed by atoms with Crippen LogP contribution < -0.4 is 5.32 Å². The number of hydrogen-bond acceptors (Lipinski definition) is 3. The number of nitrogens with zero attached hydrogens (tertiary/aromatic N) is 1. The highest BCUT2D eigenvalue weighted by atomic mass is 16.4. The number of carboxylic acids is 1. The zero-order chi connectivity index (χ0) is 20.3. The molecule has 3 rings (SSSR count). The third-order valence-corrected chi connectivity index (χ3v) is 5.05. The molecule has 28 heavy (non-hydrogen) atoms. The first kappa shape index (κ1) is 19.6. The highest BCUT2D eigenvalue weighted by Gasteiger charge is 2.32. The molecule has 6 heteroatoms. The number of benzene rings is 2. The third-order valence-electron chi connectivity index (χ3n) is 5.05. The molecule has 0 radical (unpaired) electrons. The van der Waals surface area contributed by atoms with E-state index in [1.165, 1.54) is 4.90 Å². The van der Waals surface area contributed by atoms with E-state index in [4.69, 9.17) is 0 Å². The number of aliphatic carboxylic acids is 1. The Hall–Kier alpha value is -3.15. The molecule has 0 aliphatic carbocycles. The number of anilines is 1. The first-order valence-corrected chi connectivity index (χ1v) is 9.39. The normalized spacial score (nSPS) is 16.5. The molecule has 2 aromatic rings. The Labute approximate surface area is 164 Å². The molecule has 0 bridgehead atoms. The Bertz CT molecular complexity index is 923. The lowest BCUT2D eigenvalue weighted by Gasteiger charge is -2.33. The zero-order valence-corrected chi connectivity index (χ0v) is 16.1. The Morgan fingerprint density at radius 2 is 1.86 bits per heavy atom. The van der Waals surface area contributed by atoms with Gasteiger partial charge in [-0.15, -0.1) is 0 Å². The molecule has 1 saturated heterocycles. The van der Waals surface area contributed by atoms with Gasteiger partial charge in [-0.1, -0.05) is 23.8 Å². The van der Waals surface area contributed by atoms with E-state index in [9.17, 15) is 19.5 Å². The monoisotopic (exact) mass is 380 g/mol. The molecule has 1 aliphatic heterocycles. The molecule has 0 spiro atoms. The smallest absolute Gasteiger partial charge is 0.326 e. The number of nitrogens with one attached hydrogen (secondary N) is 1. The lowest BCUT2D eigenvalue weighted by atomic mass is 10.0. The lowest BCUT2D eigenvalue weighted by Crippen LogP contribution is -2.48. The van der Waals surface area contributed by atoms with Gasteiger partial charge in [0.1, 0.15) is 6.04 Å². The van der Waals surface area contributed by atoms with Crippen LogP contribution in [0.2, 0.25) is 0 Å². The van der Waals surface area contributed by atoms with Gasteiger partial charge in [0.15, 0.2) is 0 Å². The number of carbonyl (C=O) groups excluding carboxylic acids is 2. The van der Waals surface area contributed by atoms with Gasteiger partial charge in [0.2, 0.25) is 0 Å². The summed E-state index contributed by atoms with van der Waals surface area (Å²) in [4.78, 5) is 38.4.